The van der Waals surface area contributed by atoms with Crippen LogP contribution in [0.3, 0.4) is 0 Å². The fraction of sp³-hybridized carbons (Fsp3) is 0.214. The van der Waals surface area contributed by atoms with E-state index in [4.69, 9.17) is 22.1 Å². The predicted molar refractivity (Wildman–Crippen MR) is 73.0 cm³/mol. The van der Waals surface area contributed by atoms with Gasteiger partial charge >= 0.3 is 0 Å². The number of pyridine rings is 1. The van der Waals surface area contributed by atoms with Crippen LogP contribution in [-0.4, -0.2) is 12.1 Å². The van der Waals surface area contributed by atoms with E-state index in [-0.39, 0.29) is 6.04 Å². The summed E-state index contributed by atoms with van der Waals surface area (Å²) < 4.78 is 5.31. The zero-order chi connectivity index (χ0) is 13.1. The Morgan fingerprint density at radius 3 is 2.67 bits per heavy atom. The molecule has 4 heteroatoms. The van der Waals surface area contributed by atoms with Crippen LogP contribution in [0.2, 0.25) is 5.02 Å². The number of ether oxygens (including phenoxy) is 1. The summed E-state index contributed by atoms with van der Waals surface area (Å²) in [4.78, 5) is 4.25. The van der Waals surface area contributed by atoms with Gasteiger partial charge in [0.25, 0.3) is 0 Å². The first-order valence-corrected chi connectivity index (χ1v) is 6.01. The van der Waals surface area contributed by atoms with E-state index in [1.54, 1.807) is 25.4 Å². The third-order valence-corrected chi connectivity index (χ3v) is 3.06. The van der Waals surface area contributed by atoms with Crippen LogP contribution in [0.4, 0.5) is 0 Å². The molecule has 1 aromatic carbocycles. The van der Waals surface area contributed by atoms with E-state index in [2.05, 4.69) is 4.98 Å². The summed E-state index contributed by atoms with van der Waals surface area (Å²) in [7, 11) is 1.61. The maximum atomic E-state index is 6.23. The van der Waals surface area contributed by atoms with Gasteiger partial charge in [-0.15, -0.1) is 0 Å². The Kier molecular flexibility index (Phi) is 3.84. The van der Waals surface area contributed by atoms with Crippen LogP contribution in [0, 0.1) is 6.92 Å². The number of nitrogens with zero attached hydrogens (tertiary/aromatic N) is 1. The van der Waals surface area contributed by atoms with Gasteiger partial charge in [0.15, 0.2) is 0 Å². The van der Waals surface area contributed by atoms with Crippen molar-refractivity contribution in [1.82, 2.24) is 4.98 Å². The van der Waals surface area contributed by atoms with E-state index in [9.17, 15) is 0 Å². The molecule has 2 aromatic rings. The van der Waals surface area contributed by atoms with Gasteiger partial charge in [0.1, 0.15) is 5.75 Å². The Morgan fingerprint density at radius 1 is 1.28 bits per heavy atom. The van der Waals surface area contributed by atoms with Gasteiger partial charge in [0, 0.05) is 22.5 Å². The number of rotatable bonds is 3. The molecule has 18 heavy (non-hydrogen) atoms. The van der Waals surface area contributed by atoms with E-state index in [1.165, 1.54) is 0 Å². The van der Waals surface area contributed by atoms with Crippen molar-refractivity contribution in [2.45, 2.75) is 13.0 Å². The van der Waals surface area contributed by atoms with Crippen LogP contribution in [0.1, 0.15) is 22.9 Å². The summed E-state index contributed by atoms with van der Waals surface area (Å²) in [5, 5.41) is 0.629. The first kappa shape index (κ1) is 12.9. The van der Waals surface area contributed by atoms with Crippen LogP contribution in [0.15, 0.2) is 36.5 Å². The molecule has 0 aliphatic carbocycles. The molecule has 0 saturated carbocycles. The molecule has 0 bridgehead atoms. The van der Waals surface area contributed by atoms with Gasteiger partial charge < -0.3 is 10.5 Å². The highest BCUT2D eigenvalue weighted by molar-refractivity contribution is 6.30. The molecule has 0 fully saturated rings. The van der Waals surface area contributed by atoms with Gasteiger partial charge in [-0.3, -0.25) is 4.98 Å². The molecule has 0 spiro atoms. The highest BCUT2D eigenvalue weighted by Crippen LogP contribution is 2.30. The average Bonchev–Trinajstić information content (AvgIpc) is 2.38. The third kappa shape index (κ3) is 2.63. The Bertz CT molecular complexity index is 540. The van der Waals surface area contributed by atoms with Crippen molar-refractivity contribution >= 4 is 11.6 Å². The summed E-state index contributed by atoms with van der Waals surface area (Å²) in [6.07, 6.45) is 1.79. The van der Waals surface area contributed by atoms with Crippen molar-refractivity contribution < 1.29 is 4.74 Å². The number of hydrogen-bond acceptors (Lipinski definition) is 3. The molecule has 0 amide bonds. The summed E-state index contributed by atoms with van der Waals surface area (Å²) in [6.45, 7) is 1.94. The SMILES string of the molecule is COc1cc(Cl)ccc1C(N)c1ccc(C)nc1. The van der Waals surface area contributed by atoms with Crippen molar-refractivity contribution in [3.63, 3.8) is 0 Å². The zero-order valence-corrected chi connectivity index (χ0v) is 11.1. The predicted octanol–water partition coefficient (Wildman–Crippen LogP) is 3.10. The number of nitrogens with two attached hydrogens (primary N) is 1. The largest absolute Gasteiger partial charge is 0.496 e. The van der Waals surface area contributed by atoms with Gasteiger partial charge in [-0.1, -0.05) is 23.7 Å². The highest BCUT2D eigenvalue weighted by atomic mass is 35.5. The van der Waals surface area contributed by atoms with Gasteiger partial charge in [-0.05, 0) is 30.7 Å². The molecule has 0 radical (unpaired) electrons. The standard InChI is InChI=1S/C14H15ClN2O/c1-9-3-4-10(8-17-9)14(16)12-6-5-11(15)7-13(12)18-2/h3-8,14H,16H2,1-2H3. The third-order valence-electron chi connectivity index (χ3n) is 2.82. The van der Waals surface area contributed by atoms with Crippen LogP contribution in [0.5, 0.6) is 5.75 Å². The number of hydrogen-bond donors (Lipinski definition) is 1. The summed E-state index contributed by atoms with van der Waals surface area (Å²) in [6, 6.07) is 9.09. The average molecular weight is 263 g/mol. The lowest BCUT2D eigenvalue weighted by molar-refractivity contribution is 0.408. The maximum Gasteiger partial charge on any atom is 0.125 e. The van der Waals surface area contributed by atoms with Gasteiger partial charge in [-0.25, -0.2) is 0 Å². The lowest BCUT2D eigenvalue weighted by atomic mass is 10.00. The molecular weight excluding hydrogens is 248 g/mol. The Balaban J connectivity index is 2.39. The molecule has 0 aliphatic rings. The zero-order valence-electron chi connectivity index (χ0n) is 10.4. The van der Waals surface area contributed by atoms with Crippen molar-refractivity contribution in [3.8, 4) is 5.75 Å². The Morgan fingerprint density at radius 2 is 2.06 bits per heavy atom. The van der Waals surface area contributed by atoms with E-state index in [0.29, 0.717) is 10.8 Å². The summed E-state index contributed by atoms with van der Waals surface area (Å²) in [5.74, 6) is 0.690. The summed E-state index contributed by atoms with van der Waals surface area (Å²) in [5.41, 5.74) is 9.04. The molecule has 1 unspecified atom stereocenters. The Hall–Kier alpha value is -1.58. The molecule has 1 heterocycles. The van der Waals surface area contributed by atoms with Crippen LogP contribution < -0.4 is 10.5 Å². The number of methoxy groups -OCH3 is 1. The van der Waals surface area contributed by atoms with Gasteiger partial charge in [0.2, 0.25) is 0 Å². The van der Waals surface area contributed by atoms with Gasteiger partial charge in [0.05, 0.1) is 13.2 Å². The van der Waals surface area contributed by atoms with Crippen LogP contribution in [0.25, 0.3) is 0 Å². The number of aryl methyl sites for hydroxylation is 1. The Labute approximate surface area is 112 Å². The van der Waals surface area contributed by atoms with Crippen molar-refractivity contribution in [2.75, 3.05) is 7.11 Å². The monoisotopic (exact) mass is 262 g/mol. The molecule has 0 aliphatic heterocycles. The van der Waals surface area contributed by atoms with E-state index in [1.807, 2.05) is 25.1 Å². The topological polar surface area (TPSA) is 48.1 Å². The minimum Gasteiger partial charge on any atom is -0.496 e. The van der Waals surface area contributed by atoms with E-state index >= 15 is 0 Å². The van der Waals surface area contributed by atoms with Crippen molar-refractivity contribution in [3.05, 3.63) is 58.4 Å². The molecule has 2 rings (SSSR count). The fourth-order valence-corrected chi connectivity index (χ4v) is 1.95. The maximum absolute atomic E-state index is 6.23. The fourth-order valence-electron chi connectivity index (χ4n) is 1.78. The van der Waals surface area contributed by atoms with Crippen LogP contribution in [-0.2, 0) is 0 Å². The van der Waals surface area contributed by atoms with Crippen molar-refractivity contribution in [2.24, 2.45) is 5.73 Å². The number of benzene rings is 1. The molecule has 0 saturated heterocycles. The first-order chi connectivity index (χ1) is 8.61. The highest BCUT2D eigenvalue weighted by Gasteiger charge is 2.14. The molecule has 94 valence electrons. The van der Waals surface area contributed by atoms with Crippen molar-refractivity contribution in [1.29, 1.82) is 0 Å². The second-order valence-electron chi connectivity index (χ2n) is 4.10. The first-order valence-electron chi connectivity index (χ1n) is 5.63. The normalized spacial score (nSPS) is 12.2. The van der Waals surface area contributed by atoms with Gasteiger partial charge in [-0.2, -0.15) is 0 Å². The molecule has 1 atom stereocenters. The number of aromatic nitrogens is 1. The lowest BCUT2D eigenvalue weighted by Gasteiger charge is -2.16. The quantitative estimate of drug-likeness (QED) is 0.925. The smallest absolute Gasteiger partial charge is 0.125 e. The second kappa shape index (κ2) is 5.38. The second-order valence-corrected chi connectivity index (χ2v) is 4.53. The molecule has 3 nitrogen and oxygen atoms in total. The molecule has 2 N–H and O–H groups in total. The molecule has 1 aromatic heterocycles. The molecular formula is C14H15ClN2O. The number of halogens is 1. The van der Waals surface area contributed by atoms with E-state index < -0.39 is 0 Å². The van der Waals surface area contributed by atoms with Crippen LogP contribution >= 0.6 is 11.6 Å². The minimum absolute atomic E-state index is 0.273. The summed E-state index contributed by atoms with van der Waals surface area (Å²) >= 11 is 5.93. The lowest BCUT2D eigenvalue weighted by Crippen LogP contribution is -2.13. The minimum atomic E-state index is -0.273. The van der Waals surface area contributed by atoms with E-state index in [0.717, 1.165) is 16.8 Å².